The summed E-state index contributed by atoms with van der Waals surface area (Å²) in [7, 11) is 0. The Morgan fingerprint density at radius 2 is 2.30 bits per heavy atom. The first kappa shape index (κ1) is 6.92. The van der Waals surface area contributed by atoms with Crippen molar-refractivity contribution in [3.05, 3.63) is 0 Å². The van der Waals surface area contributed by atoms with Crippen LogP contribution < -0.4 is 0 Å². The van der Waals surface area contributed by atoms with Crippen molar-refractivity contribution in [3.63, 3.8) is 0 Å². The zero-order chi connectivity index (χ0) is 7.72. The molecule has 1 aliphatic rings. The summed E-state index contributed by atoms with van der Waals surface area (Å²) in [6.45, 7) is 1.26. The third kappa shape index (κ3) is 0.920. The summed E-state index contributed by atoms with van der Waals surface area (Å²) >= 11 is 0. The Kier molecular flexibility index (Phi) is 1.53. The number of carbonyl (C=O) groups excluding carboxylic acids is 2. The first-order chi connectivity index (χ1) is 4.63. The predicted molar refractivity (Wildman–Crippen MR) is 32.9 cm³/mol. The van der Waals surface area contributed by atoms with Crippen LogP contribution in [0.25, 0.3) is 0 Å². The monoisotopic (exact) mass is 141 g/mol. The predicted octanol–water partition coefficient (Wildman–Crippen LogP) is -0.232. The number of hydrogen-bond acceptors (Lipinski definition) is 4. The summed E-state index contributed by atoms with van der Waals surface area (Å²) in [5.74, 6) is -1.81. The highest BCUT2D eigenvalue weighted by molar-refractivity contribution is 6.20. The van der Waals surface area contributed by atoms with Crippen LogP contribution in [0.5, 0.6) is 0 Å². The zero-order valence-electron chi connectivity index (χ0n) is 5.51. The van der Waals surface area contributed by atoms with Gasteiger partial charge in [0.1, 0.15) is 0 Å². The second-order valence-corrected chi connectivity index (χ2v) is 2.19. The fourth-order valence-electron chi connectivity index (χ4n) is 0.859. The summed E-state index contributed by atoms with van der Waals surface area (Å²) in [5.41, 5.74) is 0.0625. The van der Waals surface area contributed by atoms with Crippen LogP contribution in [0.2, 0.25) is 0 Å². The number of ether oxygens (including phenoxy) is 1. The standard InChI is InChI=1S/C6H7NO3/c1-3(7)5-4(8)2-10-6(5)9/h5,7H,2H2,1H3. The van der Waals surface area contributed by atoms with Gasteiger partial charge in [0.15, 0.2) is 18.3 Å². The molecule has 0 aromatic carbocycles. The number of Topliss-reactive ketones (excluding diaryl/α,β-unsaturated/α-hetero) is 1. The molecule has 0 saturated carbocycles. The number of carbonyl (C=O) groups is 2. The smallest absolute Gasteiger partial charge is 0.322 e. The van der Waals surface area contributed by atoms with Crippen LogP contribution in [-0.2, 0) is 14.3 Å². The van der Waals surface area contributed by atoms with E-state index in [0.717, 1.165) is 0 Å². The highest BCUT2D eigenvalue weighted by atomic mass is 16.5. The first-order valence-electron chi connectivity index (χ1n) is 2.87. The number of ketones is 1. The van der Waals surface area contributed by atoms with E-state index in [1.807, 2.05) is 0 Å². The van der Waals surface area contributed by atoms with Gasteiger partial charge in [-0.05, 0) is 6.92 Å². The molecule has 0 aromatic heterocycles. The maximum absolute atomic E-state index is 10.7. The molecule has 0 aromatic rings. The van der Waals surface area contributed by atoms with E-state index in [2.05, 4.69) is 4.74 Å². The molecule has 1 aliphatic heterocycles. The quantitative estimate of drug-likeness (QED) is 0.311. The van der Waals surface area contributed by atoms with Gasteiger partial charge in [-0.15, -0.1) is 0 Å². The molecular formula is C6H7NO3. The van der Waals surface area contributed by atoms with Gasteiger partial charge in [0, 0.05) is 5.71 Å². The van der Waals surface area contributed by atoms with E-state index in [-0.39, 0.29) is 18.1 Å². The van der Waals surface area contributed by atoms with E-state index in [1.165, 1.54) is 6.92 Å². The molecule has 54 valence electrons. The Balaban J connectivity index is 2.82. The minimum Gasteiger partial charge on any atom is -0.457 e. The van der Waals surface area contributed by atoms with Gasteiger partial charge in [-0.3, -0.25) is 9.59 Å². The minimum absolute atomic E-state index is 0.0625. The molecule has 1 heterocycles. The molecule has 1 rings (SSSR count). The molecule has 1 saturated heterocycles. The molecule has 1 unspecified atom stereocenters. The lowest BCUT2D eigenvalue weighted by atomic mass is 10.0. The topological polar surface area (TPSA) is 67.2 Å². The Morgan fingerprint density at radius 1 is 1.70 bits per heavy atom. The number of esters is 1. The summed E-state index contributed by atoms with van der Waals surface area (Å²) in [6.07, 6.45) is 0. The van der Waals surface area contributed by atoms with Crippen LogP contribution >= 0.6 is 0 Å². The largest absolute Gasteiger partial charge is 0.457 e. The van der Waals surface area contributed by atoms with Crippen LogP contribution in [0.1, 0.15) is 6.92 Å². The van der Waals surface area contributed by atoms with Crippen molar-refractivity contribution in [1.82, 2.24) is 0 Å². The fraction of sp³-hybridized carbons (Fsp3) is 0.500. The minimum atomic E-state index is -0.917. The van der Waals surface area contributed by atoms with Gasteiger partial charge in [-0.25, -0.2) is 0 Å². The van der Waals surface area contributed by atoms with Gasteiger partial charge in [-0.1, -0.05) is 0 Å². The molecule has 1 atom stereocenters. The molecule has 4 nitrogen and oxygen atoms in total. The van der Waals surface area contributed by atoms with E-state index in [9.17, 15) is 9.59 Å². The van der Waals surface area contributed by atoms with Crippen LogP contribution in [0.4, 0.5) is 0 Å². The molecule has 1 fully saturated rings. The number of rotatable bonds is 1. The van der Waals surface area contributed by atoms with E-state index < -0.39 is 11.9 Å². The Bertz CT molecular complexity index is 193. The molecule has 0 amide bonds. The molecule has 4 heteroatoms. The second kappa shape index (κ2) is 2.21. The van der Waals surface area contributed by atoms with Gasteiger partial charge < -0.3 is 10.1 Å². The lowest BCUT2D eigenvalue weighted by molar-refractivity contribution is -0.139. The lowest BCUT2D eigenvalue weighted by Crippen LogP contribution is -2.22. The van der Waals surface area contributed by atoms with Gasteiger partial charge in [0.2, 0.25) is 0 Å². The van der Waals surface area contributed by atoms with E-state index in [1.54, 1.807) is 0 Å². The van der Waals surface area contributed by atoms with Crippen LogP contribution in [0.15, 0.2) is 0 Å². The van der Waals surface area contributed by atoms with Crippen molar-refractivity contribution >= 4 is 17.5 Å². The third-order valence-corrected chi connectivity index (χ3v) is 1.35. The van der Waals surface area contributed by atoms with E-state index in [0.29, 0.717) is 0 Å². The molecule has 0 spiro atoms. The first-order valence-corrected chi connectivity index (χ1v) is 2.87. The molecule has 0 radical (unpaired) electrons. The van der Waals surface area contributed by atoms with Crippen LogP contribution in [0.3, 0.4) is 0 Å². The molecule has 10 heavy (non-hydrogen) atoms. The summed E-state index contributed by atoms with van der Waals surface area (Å²) in [5, 5.41) is 7.03. The average molecular weight is 141 g/mol. The van der Waals surface area contributed by atoms with Crippen molar-refractivity contribution in [2.24, 2.45) is 5.92 Å². The SMILES string of the molecule is CC(=N)C1C(=O)COC1=O. The van der Waals surface area contributed by atoms with Gasteiger partial charge in [-0.2, -0.15) is 0 Å². The normalized spacial score (nSPS) is 24.7. The van der Waals surface area contributed by atoms with E-state index in [4.69, 9.17) is 5.41 Å². The lowest BCUT2D eigenvalue weighted by Gasteiger charge is -1.97. The van der Waals surface area contributed by atoms with Gasteiger partial charge in [0.05, 0.1) is 0 Å². The van der Waals surface area contributed by atoms with Crippen LogP contribution in [0, 0.1) is 11.3 Å². The van der Waals surface area contributed by atoms with Crippen molar-refractivity contribution in [1.29, 1.82) is 5.41 Å². The fourth-order valence-corrected chi connectivity index (χ4v) is 0.859. The van der Waals surface area contributed by atoms with E-state index >= 15 is 0 Å². The summed E-state index contributed by atoms with van der Waals surface area (Å²) in [6, 6.07) is 0. The Labute approximate surface area is 57.7 Å². The highest BCUT2D eigenvalue weighted by Crippen LogP contribution is 2.11. The Hall–Kier alpha value is -1.19. The highest BCUT2D eigenvalue weighted by Gasteiger charge is 2.36. The zero-order valence-corrected chi connectivity index (χ0v) is 5.51. The molecular weight excluding hydrogens is 134 g/mol. The molecule has 0 aliphatic carbocycles. The summed E-state index contributed by atoms with van der Waals surface area (Å²) in [4.78, 5) is 21.4. The Morgan fingerprint density at radius 3 is 2.50 bits per heavy atom. The summed E-state index contributed by atoms with van der Waals surface area (Å²) < 4.78 is 4.41. The number of cyclic esters (lactones) is 1. The average Bonchev–Trinajstić information content (AvgIpc) is 2.11. The van der Waals surface area contributed by atoms with Crippen LogP contribution in [-0.4, -0.2) is 24.1 Å². The maximum Gasteiger partial charge on any atom is 0.322 e. The third-order valence-electron chi connectivity index (χ3n) is 1.35. The van der Waals surface area contributed by atoms with Crippen molar-refractivity contribution in [2.75, 3.05) is 6.61 Å². The molecule has 0 bridgehead atoms. The van der Waals surface area contributed by atoms with Gasteiger partial charge in [0.25, 0.3) is 0 Å². The van der Waals surface area contributed by atoms with Crippen molar-refractivity contribution in [3.8, 4) is 0 Å². The number of nitrogens with one attached hydrogen (secondary N) is 1. The second-order valence-electron chi connectivity index (χ2n) is 2.19. The van der Waals surface area contributed by atoms with Crippen molar-refractivity contribution in [2.45, 2.75) is 6.92 Å². The number of hydrogen-bond donors (Lipinski definition) is 1. The maximum atomic E-state index is 10.7. The molecule has 1 N–H and O–H groups in total. The van der Waals surface area contributed by atoms with Gasteiger partial charge >= 0.3 is 5.97 Å². The van der Waals surface area contributed by atoms with Crippen molar-refractivity contribution < 1.29 is 14.3 Å².